The lowest BCUT2D eigenvalue weighted by atomic mass is 10.2. The van der Waals surface area contributed by atoms with Gasteiger partial charge in [0.2, 0.25) is 6.33 Å². The van der Waals surface area contributed by atoms with E-state index in [-0.39, 0.29) is 24.0 Å². The van der Waals surface area contributed by atoms with Gasteiger partial charge in [-0.3, -0.25) is 0 Å². The molecule has 0 radical (unpaired) electrons. The molecule has 0 spiro atoms. The normalized spacial score (nSPS) is 9.69. The molecule has 0 saturated carbocycles. The van der Waals surface area contributed by atoms with Crippen LogP contribution in [0, 0.1) is 0 Å². The Morgan fingerprint density at radius 3 is 2.54 bits per heavy atom. The van der Waals surface area contributed by atoms with Crippen LogP contribution in [0.3, 0.4) is 0 Å². The van der Waals surface area contributed by atoms with Crippen molar-refractivity contribution >= 4 is 24.0 Å². The summed E-state index contributed by atoms with van der Waals surface area (Å²) in [7, 11) is 2.06. The van der Waals surface area contributed by atoms with E-state index >= 15 is 0 Å². The highest BCUT2D eigenvalue weighted by Crippen LogP contribution is 2.00. The van der Waals surface area contributed by atoms with Gasteiger partial charge in [-0.25, -0.2) is 9.13 Å². The van der Waals surface area contributed by atoms with Crippen molar-refractivity contribution in [2.45, 2.75) is 39.2 Å². The average molecular weight is 295 g/mol. The molecule has 76 valence electrons. The molecule has 0 saturated heterocycles. The molecule has 0 aliphatic rings. The molecule has 1 aromatic rings. The summed E-state index contributed by atoms with van der Waals surface area (Å²) < 4.78 is 4.33. The van der Waals surface area contributed by atoms with Gasteiger partial charge in [0, 0.05) is 0 Å². The monoisotopic (exact) mass is 295 g/mol. The molecule has 0 N–H and O–H groups in total. The van der Waals surface area contributed by atoms with Crippen molar-refractivity contribution in [3.05, 3.63) is 18.7 Å². The molecule has 1 heterocycles. The first-order valence-electron chi connectivity index (χ1n) is 4.84. The van der Waals surface area contributed by atoms with Crippen molar-refractivity contribution in [2.75, 3.05) is 0 Å². The van der Waals surface area contributed by atoms with Crippen LogP contribution >= 0.6 is 24.0 Å². The third kappa shape index (κ3) is 5.29. The van der Waals surface area contributed by atoms with E-state index in [2.05, 4.69) is 41.8 Å². The molecule has 0 bridgehead atoms. The highest BCUT2D eigenvalue weighted by molar-refractivity contribution is 14.0. The highest BCUT2D eigenvalue weighted by Gasteiger charge is 1.97. The topological polar surface area (TPSA) is 8.81 Å². The summed E-state index contributed by atoms with van der Waals surface area (Å²) >= 11 is 0. The Labute approximate surface area is 98.0 Å². The smallest absolute Gasteiger partial charge is 0.240 e. The van der Waals surface area contributed by atoms with E-state index < -0.39 is 0 Å². The molecule has 0 aliphatic heterocycles. The van der Waals surface area contributed by atoms with Gasteiger partial charge in [-0.05, 0) is 12.8 Å². The van der Waals surface area contributed by atoms with Crippen molar-refractivity contribution in [1.82, 2.24) is 4.57 Å². The summed E-state index contributed by atoms with van der Waals surface area (Å²) in [5.74, 6) is 0. The van der Waals surface area contributed by atoms with E-state index in [1.165, 1.54) is 32.2 Å². The first kappa shape index (κ1) is 12.9. The van der Waals surface area contributed by atoms with Crippen molar-refractivity contribution in [2.24, 2.45) is 7.05 Å². The number of halogens is 1. The van der Waals surface area contributed by atoms with E-state index in [0.717, 1.165) is 0 Å². The van der Waals surface area contributed by atoms with Crippen LogP contribution in [0.2, 0.25) is 0 Å². The lowest BCUT2D eigenvalue weighted by molar-refractivity contribution is -0.671. The SMILES string of the molecule is CCCCCCn1cc[n+](C)c1.I. The van der Waals surface area contributed by atoms with Crippen LogP contribution in [0.15, 0.2) is 18.7 Å². The first-order valence-corrected chi connectivity index (χ1v) is 4.84. The largest absolute Gasteiger partial charge is 0.243 e. The number of hydrogen-bond acceptors (Lipinski definition) is 0. The summed E-state index contributed by atoms with van der Waals surface area (Å²) in [6.07, 6.45) is 11.7. The Bertz CT molecular complexity index is 220. The molecule has 0 atom stereocenters. The number of rotatable bonds is 5. The summed E-state index contributed by atoms with van der Waals surface area (Å²) in [6, 6.07) is 0. The maximum atomic E-state index is 2.25. The molecule has 0 amide bonds. The van der Waals surface area contributed by atoms with E-state index in [0.29, 0.717) is 0 Å². The van der Waals surface area contributed by atoms with Gasteiger partial charge in [-0.1, -0.05) is 19.8 Å². The van der Waals surface area contributed by atoms with Gasteiger partial charge < -0.3 is 0 Å². The standard InChI is InChI=1S/C10H19N2.HI/c1-3-4-5-6-7-12-9-8-11(2)10-12;/h8-10H,3-7H2,1-2H3;1H/q+1;. The zero-order chi connectivity index (χ0) is 8.81. The van der Waals surface area contributed by atoms with Crippen molar-refractivity contribution in [3.63, 3.8) is 0 Å². The van der Waals surface area contributed by atoms with Gasteiger partial charge >= 0.3 is 0 Å². The maximum Gasteiger partial charge on any atom is 0.243 e. The van der Waals surface area contributed by atoms with E-state index in [1.54, 1.807) is 0 Å². The van der Waals surface area contributed by atoms with Crippen LogP contribution in [-0.2, 0) is 13.6 Å². The van der Waals surface area contributed by atoms with Crippen LogP contribution in [0.1, 0.15) is 32.6 Å². The molecule has 0 fully saturated rings. The zero-order valence-corrected chi connectivity index (χ0v) is 10.9. The minimum absolute atomic E-state index is 0. The number of aromatic nitrogens is 2. The predicted molar refractivity (Wildman–Crippen MR) is 65.2 cm³/mol. The second-order valence-electron chi connectivity index (χ2n) is 3.38. The second kappa shape index (κ2) is 7.35. The van der Waals surface area contributed by atoms with Gasteiger partial charge in [0.15, 0.2) is 0 Å². The maximum absolute atomic E-state index is 2.25. The van der Waals surface area contributed by atoms with Crippen LogP contribution in [0.5, 0.6) is 0 Å². The summed E-state index contributed by atoms with van der Waals surface area (Å²) in [6.45, 7) is 3.41. The Morgan fingerprint density at radius 2 is 2.00 bits per heavy atom. The van der Waals surface area contributed by atoms with Crippen molar-refractivity contribution in [1.29, 1.82) is 0 Å². The molecule has 0 aromatic carbocycles. The van der Waals surface area contributed by atoms with Gasteiger partial charge in [0.25, 0.3) is 0 Å². The molecule has 1 aromatic heterocycles. The Hall–Kier alpha value is -0.0600. The van der Waals surface area contributed by atoms with Crippen LogP contribution in [0.4, 0.5) is 0 Å². The quantitative estimate of drug-likeness (QED) is 0.448. The minimum Gasteiger partial charge on any atom is -0.240 e. The average Bonchev–Trinajstić information content (AvgIpc) is 2.45. The molecule has 2 nitrogen and oxygen atoms in total. The van der Waals surface area contributed by atoms with Gasteiger partial charge in [-0.15, -0.1) is 24.0 Å². The Kier molecular flexibility index (Phi) is 7.32. The van der Waals surface area contributed by atoms with Crippen molar-refractivity contribution < 1.29 is 4.57 Å². The number of imidazole rings is 1. The predicted octanol–water partition coefficient (Wildman–Crippen LogP) is 2.51. The molecule has 13 heavy (non-hydrogen) atoms. The third-order valence-corrected chi connectivity index (χ3v) is 2.09. The molecule has 0 unspecified atom stereocenters. The molecule has 0 aliphatic carbocycles. The number of nitrogens with zero attached hydrogens (tertiary/aromatic N) is 2. The van der Waals surface area contributed by atoms with E-state index in [4.69, 9.17) is 0 Å². The fourth-order valence-electron chi connectivity index (χ4n) is 1.36. The molecule has 3 heteroatoms. The van der Waals surface area contributed by atoms with Crippen LogP contribution in [0.25, 0.3) is 0 Å². The van der Waals surface area contributed by atoms with E-state index in [9.17, 15) is 0 Å². The first-order chi connectivity index (χ1) is 5.83. The summed E-state index contributed by atoms with van der Waals surface area (Å²) in [5.41, 5.74) is 0. The Morgan fingerprint density at radius 1 is 1.23 bits per heavy atom. The van der Waals surface area contributed by atoms with Crippen molar-refractivity contribution in [3.8, 4) is 0 Å². The number of aryl methyl sites for hydroxylation is 2. The Balaban J connectivity index is 0.00000144. The number of hydrogen-bond donors (Lipinski definition) is 0. The third-order valence-electron chi connectivity index (χ3n) is 2.09. The van der Waals surface area contributed by atoms with E-state index in [1.807, 2.05) is 0 Å². The highest BCUT2D eigenvalue weighted by atomic mass is 127. The number of unbranched alkanes of at least 4 members (excludes halogenated alkanes) is 3. The minimum atomic E-state index is 0. The van der Waals surface area contributed by atoms with Crippen LogP contribution in [-0.4, -0.2) is 4.57 Å². The van der Waals surface area contributed by atoms with Gasteiger partial charge in [0.05, 0.1) is 13.6 Å². The fraction of sp³-hybridized carbons (Fsp3) is 0.700. The summed E-state index contributed by atoms with van der Waals surface area (Å²) in [4.78, 5) is 0. The van der Waals surface area contributed by atoms with Crippen LogP contribution < -0.4 is 4.57 Å². The fourth-order valence-corrected chi connectivity index (χ4v) is 1.36. The van der Waals surface area contributed by atoms with Gasteiger partial charge in [-0.2, -0.15) is 0 Å². The molecular weight excluding hydrogens is 275 g/mol. The molecule has 1 rings (SSSR count). The second-order valence-corrected chi connectivity index (χ2v) is 3.38. The molecular formula is C10H20IN2+. The zero-order valence-electron chi connectivity index (χ0n) is 8.57. The summed E-state index contributed by atoms with van der Waals surface area (Å²) in [5, 5.41) is 0. The lowest BCUT2D eigenvalue weighted by Crippen LogP contribution is -2.23. The lowest BCUT2D eigenvalue weighted by Gasteiger charge is -1.95. The van der Waals surface area contributed by atoms with Gasteiger partial charge in [0.1, 0.15) is 12.4 Å².